The molecule has 0 spiro atoms. The molecule has 0 aliphatic heterocycles. The number of alkyl halides is 3. The number of nitrogens with zero attached hydrogens (tertiary/aromatic N) is 1. The Kier molecular flexibility index (Phi) is 9.98. The zero-order valence-corrected chi connectivity index (χ0v) is 23.2. The minimum Gasteiger partial charge on any atom is -0.262 e. The molecule has 11 heteroatoms. The Balaban J connectivity index is 7.55. The van der Waals surface area contributed by atoms with Gasteiger partial charge in [-0.1, -0.05) is 39.3 Å². The highest BCUT2D eigenvalue weighted by atomic mass is 32.2. The highest BCUT2D eigenvalue weighted by Gasteiger charge is 2.50. The lowest BCUT2D eigenvalue weighted by atomic mass is 10.3. The van der Waals surface area contributed by atoms with Crippen LogP contribution in [0.25, 0.3) is 0 Å². The van der Waals surface area contributed by atoms with E-state index < -0.39 is 40.2 Å². The molecule has 0 aromatic carbocycles. The van der Waals surface area contributed by atoms with Crippen LogP contribution < -0.4 is 5.09 Å². The van der Waals surface area contributed by atoms with Crippen LogP contribution in [-0.2, 0) is 15.1 Å². The van der Waals surface area contributed by atoms with E-state index in [4.69, 9.17) is 3.97 Å². The van der Waals surface area contributed by atoms with Gasteiger partial charge in [-0.25, -0.2) is 12.8 Å². The second kappa shape index (κ2) is 9.79. The number of nitrogens with one attached hydrogen (secondary N) is 1. The highest BCUT2D eigenvalue weighted by Crippen LogP contribution is 2.57. The molecule has 2 atom stereocenters. The van der Waals surface area contributed by atoms with Gasteiger partial charge in [0, 0.05) is 18.1 Å². The Morgan fingerprint density at radius 3 is 1.50 bits per heavy atom. The van der Waals surface area contributed by atoms with E-state index in [1.165, 1.54) is 0 Å². The summed E-state index contributed by atoms with van der Waals surface area (Å²) in [5.74, 6) is 0. The van der Waals surface area contributed by atoms with Crippen LogP contribution in [0, 0.1) is 0 Å². The Morgan fingerprint density at radius 1 is 0.929 bits per heavy atom. The van der Waals surface area contributed by atoms with Gasteiger partial charge in [0.05, 0.1) is 16.1 Å². The van der Waals surface area contributed by atoms with Gasteiger partial charge in [0.15, 0.2) is 0 Å². The van der Waals surface area contributed by atoms with Gasteiger partial charge in [0.25, 0.3) is 11.1 Å². The van der Waals surface area contributed by atoms with Crippen molar-refractivity contribution in [2.24, 2.45) is 0 Å². The molecule has 0 aromatic rings. The van der Waals surface area contributed by atoms with E-state index in [0.717, 1.165) is 4.54 Å². The zero-order chi connectivity index (χ0) is 22.9. The zero-order valence-electron chi connectivity index (χ0n) is 19.5. The Bertz CT molecular complexity index is 589. The summed E-state index contributed by atoms with van der Waals surface area (Å²) in [7, 11) is -7.39. The molecule has 0 aromatic heterocycles. The molecule has 0 aliphatic rings. The van der Waals surface area contributed by atoms with Crippen LogP contribution in [0.2, 0.25) is 39.3 Å². The summed E-state index contributed by atoms with van der Waals surface area (Å²) in [6.07, 6.45) is 0. The van der Waals surface area contributed by atoms with Gasteiger partial charge in [-0.05, 0) is 46.1 Å². The Hall–Kier alpha value is 0.554. The summed E-state index contributed by atoms with van der Waals surface area (Å²) in [6.45, 7) is 24.5. The van der Waals surface area contributed by atoms with Crippen LogP contribution in [-0.4, -0.2) is 53.2 Å². The van der Waals surface area contributed by atoms with Gasteiger partial charge in [-0.2, -0.15) is 13.2 Å². The molecular formula is C17H40F3N2O2PSSi2. The van der Waals surface area contributed by atoms with Crippen molar-refractivity contribution < 1.29 is 21.4 Å². The third-order valence-corrected chi connectivity index (χ3v) is 21.9. The van der Waals surface area contributed by atoms with E-state index in [1.807, 2.05) is 46.2 Å². The van der Waals surface area contributed by atoms with Crippen molar-refractivity contribution in [2.75, 3.05) is 0 Å². The lowest BCUT2D eigenvalue weighted by Crippen LogP contribution is -2.56. The number of hydrogen-bond acceptors (Lipinski definition) is 4. The molecule has 1 N–H and O–H groups in total. The van der Waals surface area contributed by atoms with Gasteiger partial charge >= 0.3 is 5.51 Å². The molecule has 28 heavy (non-hydrogen) atoms. The van der Waals surface area contributed by atoms with Crippen molar-refractivity contribution in [1.82, 2.24) is 9.76 Å². The summed E-state index contributed by atoms with van der Waals surface area (Å²) in [6, 6.07) is -0.277. The SMILES string of the molecule is CC(C)NP(OS(=O)C(F)(F)F)(=C([Si](C)(C)C)[Si](C)(C)C)N(C(C)C)C(C)C. The second-order valence-electron chi connectivity index (χ2n) is 10.0. The maximum absolute atomic E-state index is 13.4. The van der Waals surface area contributed by atoms with Crippen LogP contribution in [0.1, 0.15) is 41.5 Å². The molecule has 0 radical (unpaired) electrons. The van der Waals surface area contributed by atoms with E-state index >= 15 is 0 Å². The Labute approximate surface area is 174 Å². The average Bonchev–Trinajstić information content (AvgIpc) is 2.30. The highest BCUT2D eigenvalue weighted by molar-refractivity contribution is 7.92. The first-order valence-corrected chi connectivity index (χ1v) is 19.4. The fraction of sp³-hybridized carbons (Fsp3) is 0.941. The third kappa shape index (κ3) is 7.36. The summed E-state index contributed by atoms with van der Waals surface area (Å²) < 4.78 is 61.4. The van der Waals surface area contributed by atoms with Gasteiger partial charge in [-0.3, -0.25) is 5.09 Å². The lowest BCUT2D eigenvalue weighted by molar-refractivity contribution is -0.0438. The minimum atomic E-state index is -4.92. The van der Waals surface area contributed by atoms with Gasteiger partial charge < -0.3 is 0 Å². The van der Waals surface area contributed by atoms with Crippen molar-refractivity contribution in [3.63, 3.8) is 0 Å². The summed E-state index contributed by atoms with van der Waals surface area (Å²) in [4.78, 5) is 0. The summed E-state index contributed by atoms with van der Waals surface area (Å²) >= 11 is -3.40. The fourth-order valence-corrected chi connectivity index (χ4v) is 26.5. The topological polar surface area (TPSA) is 41.6 Å². The third-order valence-electron chi connectivity index (χ3n) is 3.91. The smallest absolute Gasteiger partial charge is 0.262 e. The van der Waals surface area contributed by atoms with E-state index in [-0.39, 0.29) is 18.1 Å². The first-order chi connectivity index (χ1) is 12.2. The van der Waals surface area contributed by atoms with Crippen molar-refractivity contribution in [3.8, 4) is 0 Å². The van der Waals surface area contributed by atoms with Crippen LogP contribution in [0.4, 0.5) is 13.2 Å². The predicted octanol–water partition coefficient (Wildman–Crippen LogP) is 5.99. The van der Waals surface area contributed by atoms with Gasteiger partial charge in [0.2, 0.25) is 0 Å². The van der Waals surface area contributed by atoms with E-state index in [0.29, 0.717) is 0 Å². The Morgan fingerprint density at radius 2 is 1.29 bits per heavy atom. The molecule has 0 fully saturated rings. The van der Waals surface area contributed by atoms with Crippen LogP contribution >= 0.6 is 7.41 Å². The second-order valence-corrected chi connectivity index (χ2v) is 25.2. The molecule has 0 saturated carbocycles. The fourth-order valence-electron chi connectivity index (χ4n) is 4.12. The predicted molar refractivity (Wildman–Crippen MR) is 124 cm³/mol. The van der Waals surface area contributed by atoms with Gasteiger partial charge in [0.1, 0.15) is 7.41 Å². The molecule has 4 nitrogen and oxygen atoms in total. The summed E-state index contributed by atoms with van der Waals surface area (Å²) in [5, 5.41) is 3.43. The maximum atomic E-state index is 13.4. The number of rotatable bonds is 9. The molecular weight excluding hydrogens is 440 g/mol. The normalized spacial score (nSPS) is 17.5. The van der Waals surface area contributed by atoms with Crippen LogP contribution in [0.15, 0.2) is 0 Å². The lowest BCUT2D eigenvalue weighted by Gasteiger charge is -2.49. The van der Waals surface area contributed by atoms with Crippen LogP contribution in [0.3, 0.4) is 0 Å². The van der Waals surface area contributed by atoms with Crippen molar-refractivity contribution >= 4 is 39.2 Å². The monoisotopic (exact) mass is 480 g/mol. The molecule has 0 amide bonds. The number of hydrogen-bond donors (Lipinski definition) is 1. The van der Waals surface area contributed by atoms with E-state index in [9.17, 15) is 17.4 Å². The molecule has 0 saturated heterocycles. The maximum Gasteiger partial charge on any atom is 0.497 e. The van der Waals surface area contributed by atoms with Gasteiger partial charge in [-0.15, -0.1) is 0 Å². The van der Waals surface area contributed by atoms with Crippen molar-refractivity contribution in [2.45, 2.75) is 104 Å². The van der Waals surface area contributed by atoms with Crippen molar-refractivity contribution in [1.29, 1.82) is 0 Å². The molecule has 2 unspecified atom stereocenters. The van der Waals surface area contributed by atoms with E-state index in [2.05, 4.69) is 44.4 Å². The summed E-state index contributed by atoms with van der Waals surface area (Å²) in [5.41, 5.74) is -4.92. The molecule has 170 valence electrons. The first kappa shape index (κ1) is 28.6. The average molecular weight is 481 g/mol. The first-order valence-electron chi connectivity index (χ1n) is 9.70. The number of halogens is 3. The molecule has 0 aliphatic carbocycles. The quantitative estimate of drug-likeness (QED) is 0.325. The van der Waals surface area contributed by atoms with Crippen LogP contribution in [0.5, 0.6) is 0 Å². The van der Waals surface area contributed by atoms with Crippen molar-refractivity contribution in [3.05, 3.63) is 0 Å². The minimum absolute atomic E-state index is 0.0764. The molecule has 0 heterocycles. The molecule has 0 bridgehead atoms. The largest absolute Gasteiger partial charge is 0.497 e. The molecule has 0 rings (SSSR count). The van der Waals surface area contributed by atoms with E-state index in [1.54, 1.807) is 0 Å². The standard InChI is InChI=1S/C17H40F3N2O2PSSi2/c1-13(2)21-25(22(14(3)4)15(5)6,24-26(23)17(18,19)20)16(27(7,8)9)28(10,11)12/h13-15,21H,1-12H3.